The van der Waals surface area contributed by atoms with Crippen LogP contribution in [0.2, 0.25) is 0 Å². The molecule has 0 N–H and O–H groups in total. The predicted molar refractivity (Wildman–Crippen MR) is 115 cm³/mol. The molecule has 0 radical (unpaired) electrons. The zero-order chi connectivity index (χ0) is 21.6. The topological polar surface area (TPSA) is 64.6 Å². The summed E-state index contributed by atoms with van der Waals surface area (Å²) in [4.78, 5) is 24.1. The van der Waals surface area contributed by atoms with E-state index < -0.39 is 5.82 Å². The van der Waals surface area contributed by atoms with Crippen molar-refractivity contribution in [1.29, 1.82) is 0 Å². The Balaban J connectivity index is 1.62. The number of ether oxygens (including phenoxy) is 2. The molecule has 0 bridgehead atoms. The summed E-state index contributed by atoms with van der Waals surface area (Å²) in [5.41, 5.74) is 3.03. The third kappa shape index (κ3) is 4.88. The van der Waals surface area contributed by atoms with Gasteiger partial charge in [0.1, 0.15) is 12.4 Å². The molecule has 1 aliphatic rings. The minimum atomic E-state index is -0.420. The van der Waals surface area contributed by atoms with Gasteiger partial charge < -0.3 is 14.4 Å². The first kappa shape index (κ1) is 20.9. The Morgan fingerprint density at radius 3 is 2.61 bits per heavy atom. The lowest BCUT2D eigenvalue weighted by Crippen LogP contribution is -2.33. The highest BCUT2D eigenvalue weighted by molar-refractivity contribution is 5.94. The van der Waals surface area contributed by atoms with Crippen molar-refractivity contribution in [2.24, 2.45) is 0 Å². The molecule has 4 rings (SSSR count). The third-order valence-electron chi connectivity index (χ3n) is 5.22. The van der Waals surface area contributed by atoms with Crippen molar-refractivity contribution in [3.05, 3.63) is 77.2 Å². The molecule has 2 aromatic carbocycles. The maximum atomic E-state index is 13.6. The van der Waals surface area contributed by atoms with Gasteiger partial charge in [0.25, 0.3) is 5.91 Å². The maximum absolute atomic E-state index is 13.6. The molecule has 6 nitrogen and oxygen atoms in total. The minimum Gasteiger partial charge on any atom is -0.475 e. The molecule has 1 aromatic heterocycles. The standard InChI is InChI=1S/C24H24FN3O3/c1-30-14-15-31-23-20-10-12-28(24(29)18-8-5-9-19(25)16-18)13-11-21(20)26-22(27-23)17-6-3-2-4-7-17/h2-9,16H,10-15H2,1H3. The average molecular weight is 421 g/mol. The van der Waals surface area contributed by atoms with Crippen LogP contribution in [0.15, 0.2) is 54.6 Å². The molecule has 1 amide bonds. The van der Waals surface area contributed by atoms with Gasteiger partial charge in [-0.1, -0.05) is 36.4 Å². The van der Waals surface area contributed by atoms with Crippen molar-refractivity contribution in [3.8, 4) is 17.3 Å². The fourth-order valence-corrected chi connectivity index (χ4v) is 3.63. The summed E-state index contributed by atoms with van der Waals surface area (Å²) in [5, 5.41) is 0. The molecule has 160 valence electrons. The quantitative estimate of drug-likeness (QED) is 0.570. The molecule has 0 fully saturated rings. The highest BCUT2D eigenvalue weighted by Gasteiger charge is 2.24. The Hall–Kier alpha value is -3.32. The summed E-state index contributed by atoms with van der Waals surface area (Å²) in [6.07, 6.45) is 1.13. The van der Waals surface area contributed by atoms with Crippen molar-refractivity contribution < 1.29 is 18.7 Å². The van der Waals surface area contributed by atoms with Crippen molar-refractivity contribution in [1.82, 2.24) is 14.9 Å². The van der Waals surface area contributed by atoms with Gasteiger partial charge in [0.15, 0.2) is 5.82 Å². The lowest BCUT2D eigenvalue weighted by molar-refractivity contribution is 0.0762. The molecule has 0 aliphatic carbocycles. The number of nitrogens with zero attached hydrogens (tertiary/aromatic N) is 3. The van der Waals surface area contributed by atoms with E-state index in [1.54, 1.807) is 24.1 Å². The Morgan fingerprint density at radius 1 is 1.03 bits per heavy atom. The SMILES string of the molecule is COCCOc1nc(-c2ccccc2)nc2c1CCN(C(=O)c1cccc(F)c1)CC2. The molecule has 0 atom stereocenters. The molecule has 31 heavy (non-hydrogen) atoms. The molecule has 3 aromatic rings. The van der Waals surface area contributed by atoms with Crippen LogP contribution >= 0.6 is 0 Å². The second-order valence-corrected chi connectivity index (χ2v) is 7.29. The van der Waals surface area contributed by atoms with E-state index in [0.29, 0.717) is 56.4 Å². The van der Waals surface area contributed by atoms with E-state index in [1.807, 2.05) is 30.3 Å². The van der Waals surface area contributed by atoms with Crippen molar-refractivity contribution in [2.75, 3.05) is 33.4 Å². The van der Waals surface area contributed by atoms with E-state index in [2.05, 4.69) is 4.98 Å². The first-order valence-electron chi connectivity index (χ1n) is 10.3. The van der Waals surface area contributed by atoms with Crippen LogP contribution in [0.1, 0.15) is 21.6 Å². The van der Waals surface area contributed by atoms with Gasteiger partial charge in [-0.25, -0.2) is 9.37 Å². The fraction of sp³-hybridized carbons (Fsp3) is 0.292. The molecule has 1 aliphatic heterocycles. The second-order valence-electron chi connectivity index (χ2n) is 7.29. The summed E-state index contributed by atoms with van der Waals surface area (Å²) in [6.45, 7) is 1.80. The molecule has 7 heteroatoms. The summed E-state index contributed by atoms with van der Waals surface area (Å²) in [7, 11) is 1.62. The highest BCUT2D eigenvalue weighted by atomic mass is 19.1. The lowest BCUT2D eigenvalue weighted by Gasteiger charge is -2.20. The van der Waals surface area contributed by atoms with Gasteiger partial charge >= 0.3 is 0 Å². The van der Waals surface area contributed by atoms with Crippen molar-refractivity contribution >= 4 is 5.91 Å². The number of benzene rings is 2. The number of hydrogen-bond donors (Lipinski definition) is 0. The van der Waals surface area contributed by atoms with Gasteiger partial charge in [0, 0.05) is 43.3 Å². The van der Waals surface area contributed by atoms with E-state index in [0.717, 1.165) is 16.8 Å². The van der Waals surface area contributed by atoms with Crippen LogP contribution in [0.25, 0.3) is 11.4 Å². The number of aromatic nitrogens is 2. The van der Waals surface area contributed by atoms with E-state index in [4.69, 9.17) is 14.5 Å². The number of carbonyl (C=O) groups is 1. The monoisotopic (exact) mass is 421 g/mol. The van der Waals surface area contributed by atoms with Gasteiger partial charge in [-0.3, -0.25) is 4.79 Å². The van der Waals surface area contributed by atoms with Gasteiger partial charge in [0.2, 0.25) is 5.88 Å². The number of methoxy groups -OCH3 is 1. The van der Waals surface area contributed by atoms with Crippen LogP contribution in [-0.2, 0) is 17.6 Å². The van der Waals surface area contributed by atoms with E-state index in [-0.39, 0.29) is 5.91 Å². The van der Waals surface area contributed by atoms with Crippen LogP contribution < -0.4 is 4.74 Å². The van der Waals surface area contributed by atoms with Crippen LogP contribution in [0.5, 0.6) is 5.88 Å². The van der Waals surface area contributed by atoms with Crippen molar-refractivity contribution in [3.63, 3.8) is 0 Å². The van der Waals surface area contributed by atoms with Crippen molar-refractivity contribution in [2.45, 2.75) is 12.8 Å². The first-order chi connectivity index (χ1) is 15.2. The van der Waals surface area contributed by atoms with Gasteiger partial charge in [0.05, 0.1) is 12.3 Å². The van der Waals surface area contributed by atoms with Crippen LogP contribution in [0, 0.1) is 5.82 Å². The predicted octanol–water partition coefficient (Wildman–Crippen LogP) is 3.55. The first-order valence-corrected chi connectivity index (χ1v) is 10.3. The Kier molecular flexibility index (Phi) is 6.52. The van der Waals surface area contributed by atoms with E-state index in [1.165, 1.54) is 12.1 Å². The Morgan fingerprint density at radius 2 is 1.84 bits per heavy atom. The molecule has 0 saturated heterocycles. The Bertz CT molecular complexity index is 1060. The average Bonchev–Trinajstić information content (AvgIpc) is 3.02. The summed E-state index contributed by atoms with van der Waals surface area (Å²) >= 11 is 0. The smallest absolute Gasteiger partial charge is 0.253 e. The Labute approximate surface area is 180 Å². The second kappa shape index (κ2) is 9.66. The minimum absolute atomic E-state index is 0.189. The van der Waals surface area contributed by atoms with Crippen LogP contribution in [-0.4, -0.2) is 54.2 Å². The number of amides is 1. The number of fused-ring (bicyclic) bond motifs is 1. The van der Waals surface area contributed by atoms with Gasteiger partial charge in [-0.15, -0.1) is 0 Å². The number of halogens is 1. The summed E-state index contributed by atoms with van der Waals surface area (Å²) < 4.78 is 24.6. The number of rotatable bonds is 6. The van der Waals surface area contributed by atoms with Crippen LogP contribution in [0.4, 0.5) is 4.39 Å². The zero-order valence-corrected chi connectivity index (χ0v) is 17.4. The molecular weight excluding hydrogens is 397 g/mol. The summed E-state index contributed by atoms with van der Waals surface area (Å²) in [5.74, 6) is 0.513. The van der Waals surface area contributed by atoms with Crippen LogP contribution in [0.3, 0.4) is 0 Å². The fourth-order valence-electron chi connectivity index (χ4n) is 3.63. The third-order valence-corrected chi connectivity index (χ3v) is 5.22. The largest absolute Gasteiger partial charge is 0.475 e. The zero-order valence-electron chi connectivity index (χ0n) is 17.4. The molecular formula is C24H24FN3O3. The van der Waals surface area contributed by atoms with E-state index in [9.17, 15) is 9.18 Å². The summed E-state index contributed by atoms with van der Waals surface area (Å²) in [6, 6.07) is 15.5. The normalized spacial score (nSPS) is 13.4. The maximum Gasteiger partial charge on any atom is 0.253 e. The van der Waals surface area contributed by atoms with E-state index >= 15 is 0 Å². The number of hydrogen-bond acceptors (Lipinski definition) is 5. The highest BCUT2D eigenvalue weighted by Crippen LogP contribution is 2.27. The number of carbonyl (C=O) groups excluding carboxylic acids is 1. The molecule has 2 heterocycles. The van der Waals surface area contributed by atoms with Gasteiger partial charge in [-0.2, -0.15) is 4.98 Å². The lowest BCUT2D eigenvalue weighted by atomic mass is 10.1. The molecule has 0 unspecified atom stereocenters. The van der Waals surface area contributed by atoms with Gasteiger partial charge in [-0.05, 0) is 24.6 Å². The molecule has 0 saturated carbocycles. The molecule has 0 spiro atoms.